The Labute approximate surface area is 139 Å². The second kappa shape index (κ2) is 7.04. The van der Waals surface area contributed by atoms with Crippen LogP contribution in [0.3, 0.4) is 0 Å². The molecule has 0 saturated heterocycles. The number of benzene rings is 2. The van der Waals surface area contributed by atoms with Crippen molar-refractivity contribution in [1.29, 1.82) is 0 Å². The molecule has 1 amide bonds. The van der Waals surface area contributed by atoms with E-state index >= 15 is 0 Å². The molecular weight excluding hydrogens is 310 g/mol. The van der Waals surface area contributed by atoms with E-state index in [1.165, 1.54) is 0 Å². The van der Waals surface area contributed by atoms with Crippen LogP contribution < -0.4 is 14.8 Å². The molecular formula is C18H17NO5. The summed E-state index contributed by atoms with van der Waals surface area (Å²) < 4.78 is 10.6. The molecule has 0 aromatic heterocycles. The molecule has 0 spiro atoms. The van der Waals surface area contributed by atoms with Crippen LogP contribution in [0.15, 0.2) is 48.5 Å². The standard InChI is InChI=1S/C18H17NO5/c20-17(21)10-14(19-18(22)13-4-2-1-3-5-13)8-12-6-7-15-16(9-12)24-11-23-15/h1-7,9,14H,8,10-11H2,(H,19,22)(H,20,21). The third-order valence-electron chi connectivity index (χ3n) is 3.71. The topological polar surface area (TPSA) is 84.9 Å². The highest BCUT2D eigenvalue weighted by Gasteiger charge is 2.19. The van der Waals surface area contributed by atoms with Crippen LogP contribution in [0, 0.1) is 0 Å². The van der Waals surface area contributed by atoms with E-state index in [4.69, 9.17) is 14.6 Å². The number of carboxylic acid groups (broad SMARTS) is 1. The lowest BCUT2D eigenvalue weighted by Gasteiger charge is -2.17. The van der Waals surface area contributed by atoms with Crippen molar-refractivity contribution in [2.24, 2.45) is 0 Å². The molecule has 1 aliphatic heterocycles. The molecule has 0 aliphatic carbocycles. The van der Waals surface area contributed by atoms with Gasteiger partial charge in [0.15, 0.2) is 11.5 Å². The van der Waals surface area contributed by atoms with Crippen LogP contribution >= 0.6 is 0 Å². The summed E-state index contributed by atoms with van der Waals surface area (Å²) in [5.41, 5.74) is 1.37. The maximum absolute atomic E-state index is 12.3. The number of carboxylic acids is 1. The summed E-state index contributed by atoms with van der Waals surface area (Å²) in [5.74, 6) is 0.0505. The van der Waals surface area contributed by atoms with Gasteiger partial charge in [-0.2, -0.15) is 0 Å². The Hall–Kier alpha value is -3.02. The van der Waals surface area contributed by atoms with Gasteiger partial charge in [-0.15, -0.1) is 0 Å². The molecule has 3 rings (SSSR count). The molecule has 2 N–H and O–H groups in total. The molecule has 1 atom stereocenters. The molecule has 0 fully saturated rings. The maximum Gasteiger partial charge on any atom is 0.305 e. The first-order valence-corrected chi connectivity index (χ1v) is 7.58. The number of carbonyl (C=O) groups excluding carboxylic acids is 1. The third-order valence-corrected chi connectivity index (χ3v) is 3.71. The van der Waals surface area contributed by atoms with Gasteiger partial charge in [-0.1, -0.05) is 24.3 Å². The highest BCUT2D eigenvalue weighted by molar-refractivity contribution is 5.94. The van der Waals surface area contributed by atoms with E-state index in [0.29, 0.717) is 23.5 Å². The molecule has 6 heteroatoms. The van der Waals surface area contributed by atoms with Crippen LogP contribution in [0.2, 0.25) is 0 Å². The van der Waals surface area contributed by atoms with Crippen LogP contribution in [0.25, 0.3) is 0 Å². The number of hydrogen-bond acceptors (Lipinski definition) is 4. The molecule has 0 saturated carbocycles. The summed E-state index contributed by atoms with van der Waals surface area (Å²) in [6.45, 7) is 0.183. The van der Waals surface area contributed by atoms with Crippen LogP contribution in [0.5, 0.6) is 11.5 Å². The number of nitrogens with one attached hydrogen (secondary N) is 1. The Kier molecular flexibility index (Phi) is 4.65. The lowest BCUT2D eigenvalue weighted by molar-refractivity contribution is -0.137. The first-order chi connectivity index (χ1) is 11.6. The summed E-state index contributed by atoms with van der Waals surface area (Å²) in [7, 11) is 0. The molecule has 1 aliphatic rings. The predicted molar refractivity (Wildman–Crippen MR) is 86.2 cm³/mol. The van der Waals surface area contributed by atoms with Crippen molar-refractivity contribution >= 4 is 11.9 Å². The fourth-order valence-electron chi connectivity index (χ4n) is 2.60. The highest BCUT2D eigenvalue weighted by atomic mass is 16.7. The lowest BCUT2D eigenvalue weighted by atomic mass is 10.0. The second-order valence-electron chi connectivity index (χ2n) is 5.53. The van der Waals surface area contributed by atoms with E-state index in [9.17, 15) is 9.59 Å². The Morgan fingerprint density at radius 1 is 1.08 bits per heavy atom. The van der Waals surface area contributed by atoms with Gasteiger partial charge in [0.25, 0.3) is 5.91 Å². The van der Waals surface area contributed by atoms with Gasteiger partial charge in [-0.05, 0) is 36.2 Å². The van der Waals surface area contributed by atoms with Gasteiger partial charge in [0, 0.05) is 11.6 Å². The average molecular weight is 327 g/mol. The molecule has 0 radical (unpaired) electrons. The van der Waals surface area contributed by atoms with Gasteiger partial charge in [0.1, 0.15) is 0 Å². The zero-order valence-corrected chi connectivity index (χ0v) is 12.9. The monoisotopic (exact) mass is 327 g/mol. The zero-order valence-electron chi connectivity index (χ0n) is 12.9. The summed E-state index contributed by atoms with van der Waals surface area (Å²) >= 11 is 0. The van der Waals surface area contributed by atoms with Crippen molar-refractivity contribution in [1.82, 2.24) is 5.32 Å². The van der Waals surface area contributed by atoms with E-state index in [-0.39, 0.29) is 19.1 Å². The lowest BCUT2D eigenvalue weighted by Crippen LogP contribution is -2.38. The number of amides is 1. The van der Waals surface area contributed by atoms with Crippen molar-refractivity contribution in [2.45, 2.75) is 18.9 Å². The predicted octanol–water partition coefficient (Wildman–Crippen LogP) is 2.23. The fourth-order valence-corrected chi connectivity index (χ4v) is 2.60. The molecule has 6 nitrogen and oxygen atoms in total. The van der Waals surface area contributed by atoms with Crippen LogP contribution in [0.4, 0.5) is 0 Å². The quantitative estimate of drug-likeness (QED) is 0.850. The maximum atomic E-state index is 12.3. The van der Waals surface area contributed by atoms with Gasteiger partial charge in [-0.25, -0.2) is 0 Å². The zero-order chi connectivity index (χ0) is 16.9. The number of ether oxygens (including phenoxy) is 2. The van der Waals surface area contributed by atoms with E-state index in [1.807, 2.05) is 18.2 Å². The molecule has 1 heterocycles. The first kappa shape index (κ1) is 15.9. The van der Waals surface area contributed by atoms with E-state index in [1.54, 1.807) is 30.3 Å². The Morgan fingerprint density at radius 3 is 2.58 bits per heavy atom. The van der Waals surface area contributed by atoms with Crippen LogP contribution in [-0.4, -0.2) is 29.8 Å². The molecule has 24 heavy (non-hydrogen) atoms. The highest BCUT2D eigenvalue weighted by Crippen LogP contribution is 2.32. The molecule has 124 valence electrons. The van der Waals surface area contributed by atoms with Gasteiger partial charge in [0.2, 0.25) is 6.79 Å². The van der Waals surface area contributed by atoms with E-state index in [2.05, 4.69) is 5.32 Å². The van der Waals surface area contributed by atoms with E-state index in [0.717, 1.165) is 5.56 Å². The largest absolute Gasteiger partial charge is 0.481 e. The van der Waals surface area contributed by atoms with Gasteiger partial charge >= 0.3 is 5.97 Å². The number of rotatable bonds is 6. The third kappa shape index (κ3) is 3.84. The summed E-state index contributed by atoms with van der Waals surface area (Å²) in [5, 5.41) is 11.9. The summed E-state index contributed by atoms with van der Waals surface area (Å²) in [4.78, 5) is 23.4. The van der Waals surface area contributed by atoms with Gasteiger partial charge in [0.05, 0.1) is 6.42 Å². The number of hydrogen-bond donors (Lipinski definition) is 2. The normalized spacial score (nSPS) is 13.3. The van der Waals surface area contributed by atoms with Crippen molar-refractivity contribution in [2.75, 3.05) is 6.79 Å². The summed E-state index contributed by atoms with van der Waals surface area (Å²) in [6.07, 6.45) is 0.231. The number of aliphatic carboxylic acids is 1. The Morgan fingerprint density at radius 2 is 1.83 bits per heavy atom. The fraction of sp³-hybridized carbons (Fsp3) is 0.222. The van der Waals surface area contributed by atoms with Crippen molar-refractivity contribution < 1.29 is 24.2 Å². The number of carbonyl (C=O) groups is 2. The molecule has 0 bridgehead atoms. The minimum absolute atomic E-state index is 0.160. The van der Waals surface area contributed by atoms with Crippen molar-refractivity contribution in [3.63, 3.8) is 0 Å². The van der Waals surface area contributed by atoms with Crippen molar-refractivity contribution in [3.05, 3.63) is 59.7 Å². The smallest absolute Gasteiger partial charge is 0.305 e. The van der Waals surface area contributed by atoms with E-state index < -0.39 is 12.0 Å². The molecule has 2 aromatic carbocycles. The second-order valence-corrected chi connectivity index (χ2v) is 5.53. The van der Waals surface area contributed by atoms with Crippen LogP contribution in [0.1, 0.15) is 22.3 Å². The number of fused-ring (bicyclic) bond motifs is 1. The minimum Gasteiger partial charge on any atom is -0.481 e. The SMILES string of the molecule is O=C(O)CC(Cc1ccc2c(c1)OCO2)NC(=O)c1ccccc1. The molecule has 2 aromatic rings. The minimum atomic E-state index is -0.964. The Bertz CT molecular complexity index is 744. The summed E-state index contributed by atoms with van der Waals surface area (Å²) in [6, 6.07) is 13.6. The van der Waals surface area contributed by atoms with Crippen LogP contribution in [-0.2, 0) is 11.2 Å². The average Bonchev–Trinajstić information content (AvgIpc) is 3.02. The first-order valence-electron chi connectivity index (χ1n) is 7.58. The molecule has 1 unspecified atom stereocenters. The van der Waals surface area contributed by atoms with Crippen molar-refractivity contribution in [3.8, 4) is 11.5 Å². The van der Waals surface area contributed by atoms with Gasteiger partial charge < -0.3 is 19.9 Å². The Balaban J connectivity index is 1.72. The van der Waals surface area contributed by atoms with Gasteiger partial charge in [-0.3, -0.25) is 9.59 Å².